The number of imidazole rings is 1. The van der Waals surface area contributed by atoms with Gasteiger partial charge in [-0.05, 0) is 62.1 Å². The van der Waals surface area contributed by atoms with Gasteiger partial charge in [-0.3, -0.25) is 0 Å². The van der Waals surface area contributed by atoms with E-state index >= 15 is 0 Å². The minimum atomic E-state index is -0.0502. The summed E-state index contributed by atoms with van der Waals surface area (Å²) in [5, 5.41) is 9.61. The zero-order valence-electron chi connectivity index (χ0n) is 14.5. The Balaban J connectivity index is 1.72. The summed E-state index contributed by atoms with van der Waals surface area (Å²) in [5.74, 6) is 1.65. The molecule has 0 aliphatic heterocycles. The van der Waals surface area contributed by atoms with E-state index in [1.165, 1.54) is 11.1 Å². The average Bonchev–Trinajstić information content (AvgIpc) is 2.90. The van der Waals surface area contributed by atoms with Gasteiger partial charge in [0, 0.05) is 6.54 Å². The molecule has 0 radical (unpaired) electrons. The highest BCUT2D eigenvalue weighted by molar-refractivity contribution is 5.78. The Morgan fingerprint density at radius 3 is 2.54 bits per heavy atom. The molecule has 1 heterocycles. The maximum absolute atomic E-state index is 9.61. The Morgan fingerprint density at radius 2 is 1.79 bits per heavy atom. The van der Waals surface area contributed by atoms with E-state index in [1.54, 1.807) is 0 Å². The van der Waals surface area contributed by atoms with Crippen LogP contribution in [0.5, 0.6) is 5.75 Å². The van der Waals surface area contributed by atoms with Gasteiger partial charge >= 0.3 is 0 Å². The first-order valence-electron chi connectivity index (χ1n) is 8.36. The summed E-state index contributed by atoms with van der Waals surface area (Å²) in [6.07, 6.45) is 0.861. The van der Waals surface area contributed by atoms with E-state index in [1.807, 2.05) is 31.2 Å². The van der Waals surface area contributed by atoms with Crippen molar-refractivity contribution in [2.24, 2.45) is 0 Å². The molecule has 0 amide bonds. The molecule has 0 saturated carbocycles. The zero-order chi connectivity index (χ0) is 17.1. The second-order valence-corrected chi connectivity index (χ2v) is 6.23. The summed E-state index contributed by atoms with van der Waals surface area (Å²) in [6, 6.07) is 12.3. The van der Waals surface area contributed by atoms with Crippen LogP contribution in [-0.2, 0) is 13.2 Å². The maximum Gasteiger partial charge on any atom is 0.135 e. The van der Waals surface area contributed by atoms with Crippen molar-refractivity contribution < 1.29 is 9.84 Å². The second kappa shape index (κ2) is 7.05. The van der Waals surface area contributed by atoms with E-state index in [0.29, 0.717) is 12.4 Å². The topological polar surface area (TPSA) is 47.3 Å². The van der Waals surface area contributed by atoms with Crippen LogP contribution in [-0.4, -0.2) is 21.3 Å². The Hall–Kier alpha value is -2.33. The molecule has 0 bridgehead atoms. The summed E-state index contributed by atoms with van der Waals surface area (Å²) in [4.78, 5) is 4.56. The molecule has 24 heavy (non-hydrogen) atoms. The molecule has 3 aromatic rings. The zero-order valence-corrected chi connectivity index (χ0v) is 14.5. The number of para-hydroxylation sites is 1. The third kappa shape index (κ3) is 3.29. The van der Waals surface area contributed by atoms with E-state index in [9.17, 15) is 5.11 Å². The molecule has 0 aliphatic rings. The van der Waals surface area contributed by atoms with Crippen LogP contribution in [0.15, 0.2) is 36.4 Å². The monoisotopic (exact) mass is 324 g/mol. The van der Waals surface area contributed by atoms with Gasteiger partial charge in [0.1, 0.15) is 18.2 Å². The largest absolute Gasteiger partial charge is 0.493 e. The van der Waals surface area contributed by atoms with E-state index in [0.717, 1.165) is 35.3 Å². The van der Waals surface area contributed by atoms with Gasteiger partial charge in [-0.15, -0.1) is 0 Å². The van der Waals surface area contributed by atoms with Crippen molar-refractivity contribution in [1.82, 2.24) is 9.55 Å². The molecule has 2 aromatic carbocycles. The predicted octanol–water partition coefficient (Wildman–Crippen LogP) is 3.92. The van der Waals surface area contributed by atoms with Crippen LogP contribution in [0.4, 0.5) is 0 Å². The summed E-state index contributed by atoms with van der Waals surface area (Å²) in [7, 11) is 0. The number of nitrogens with zero attached hydrogens (tertiary/aromatic N) is 2. The Morgan fingerprint density at radius 1 is 1.04 bits per heavy atom. The number of benzene rings is 2. The molecular formula is C20H24N2O2. The van der Waals surface area contributed by atoms with Gasteiger partial charge in [0.25, 0.3) is 0 Å². The number of aliphatic hydroxyl groups is 1. The molecule has 3 rings (SSSR count). The first-order chi connectivity index (χ1) is 11.6. The normalized spacial score (nSPS) is 11.2. The van der Waals surface area contributed by atoms with Crippen LogP contribution in [0.2, 0.25) is 0 Å². The number of aromatic nitrogens is 2. The molecule has 0 unspecified atom stereocenters. The van der Waals surface area contributed by atoms with Gasteiger partial charge < -0.3 is 14.4 Å². The lowest BCUT2D eigenvalue weighted by Crippen LogP contribution is -2.08. The van der Waals surface area contributed by atoms with E-state index in [-0.39, 0.29) is 6.61 Å². The van der Waals surface area contributed by atoms with Crippen molar-refractivity contribution in [3.05, 3.63) is 58.9 Å². The lowest BCUT2D eigenvalue weighted by molar-refractivity contribution is 0.261. The Labute approximate surface area is 142 Å². The number of ether oxygens (including phenoxy) is 1. The third-order valence-corrected chi connectivity index (χ3v) is 4.46. The predicted molar refractivity (Wildman–Crippen MR) is 96.4 cm³/mol. The molecule has 0 fully saturated rings. The smallest absolute Gasteiger partial charge is 0.135 e. The van der Waals surface area contributed by atoms with Gasteiger partial charge in [0.05, 0.1) is 17.6 Å². The molecule has 126 valence electrons. The summed E-state index contributed by atoms with van der Waals surface area (Å²) in [6.45, 7) is 7.61. The standard InChI is InChI=1S/C20H24N2O2/c1-14-7-4-5-8-19(14)24-10-6-9-22-18-12-16(3)15(2)11-17(18)21-20(22)13-23/h4-5,7-8,11-12,23H,6,9-10,13H2,1-3H3. The number of hydrogen-bond acceptors (Lipinski definition) is 3. The molecule has 1 aromatic heterocycles. The Bertz CT molecular complexity index is 852. The van der Waals surface area contributed by atoms with E-state index < -0.39 is 0 Å². The van der Waals surface area contributed by atoms with Gasteiger partial charge in [-0.2, -0.15) is 0 Å². The SMILES string of the molecule is Cc1cc2nc(CO)n(CCCOc3ccccc3C)c2cc1C. The average molecular weight is 324 g/mol. The minimum absolute atomic E-state index is 0.0502. The summed E-state index contributed by atoms with van der Waals surface area (Å²) in [5.41, 5.74) is 5.64. The summed E-state index contributed by atoms with van der Waals surface area (Å²) < 4.78 is 7.97. The highest BCUT2D eigenvalue weighted by Gasteiger charge is 2.11. The quantitative estimate of drug-likeness (QED) is 0.699. The van der Waals surface area contributed by atoms with Gasteiger partial charge in [0.15, 0.2) is 0 Å². The highest BCUT2D eigenvalue weighted by Crippen LogP contribution is 2.22. The third-order valence-electron chi connectivity index (χ3n) is 4.46. The molecule has 0 atom stereocenters. The number of aryl methyl sites for hydroxylation is 4. The fraction of sp³-hybridized carbons (Fsp3) is 0.350. The van der Waals surface area contributed by atoms with Gasteiger partial charge in [-0.25, -0.2) is 4.98 Å². The fourth-order valence-electron chi connectivity index (χ4n) is 2.92. The molecule has 1 N–H and O–H groups in total. The highest BCUT2D eigenvalue weighted by atomic mass is 16.5. The molecule has 0 saturated heterocycles. The van der Waals surface area contributed by atoms with Crippen LogP contribution in [0.1, 0.15) is 28.9 Å². The van der Waals surface area contributed by atoms with E-state index in [4.69, 9.17) is 4.74 Å². The number of rotatable bonds is 6. The van der Waals surface area contributed by atoms with Crippen molar-refractivity contribution in [1.29, 1.82) is 0 Å². The van der Waals surface area contributed by atoms with Crippen LogP contribution in [0.25, 0.3) is 11.0 Å². The van der Waals surface area contributed by atoms with Crippen molar-refractivity contribution >= 4 is 11.0 Å². The lowest BCUT2D eigenvalue weighted by Gasteiger charge is -2.11. The van der Waals surface area contributed by atoms with Gasteiger partial charge in [-0.1, -0.05) is 18.2 Å². The number of aliphatic hydroxyl groups excluding tert-OH is 1. The van der Waals surface area contributed by atoms with Crippen molar-refractivity contribution in [2.75, 3.05) is 6.61 Å². The van der Waals surface area contributed by atoms with Gasteiger partial charge in [0.2, 0.25) is 0 Å². The van der Waals surface area contributed by atoms with Crippen molar-refractivity contribution in [3.63, 3.8) is 0 Å². The number of hydrogen-bond donors (Lipinski definition) is 1. The summed E-state index contributed by atoms with van der Waals surface area (Å²) >= 11 is 0. The molecule has 0 aliphatic carbocycles. The molecule has 4 heteroatoms. The van der Waals surface area contributed by atoms with Crippen molar-refractivity contribution in [3.8, 4) is 5.75 Å². The van der Waals surface area contributed by atoms with Crippen LogP contribution < -0.4 is 4.74 Å². The van der Waals surface area contributed by atoms with Crippen molar-refractivity contribution in [2.45, 2.75) is 40.3 Å². The van der Waals surface area contributed by atoms with Crippen LogP contribution >= 0.6 is 0 Å². The second-order valence-electron chi connectivity index (χ2n) is 6.23. The lowest BCUT2D eigenvalue weighted by atomic mass is 10.1. The fourth-order valence-corrected chi connectivity index (χ4v) is 2.92. The molecule has 0 spiro atoms. The first-order valence-corrected chi connectivity index (χ1v) is 8.36. The molecular weight excluding hydrogens is 300 g/mol. The minimum Gasteiger partial charge on any atom is -0.493 e. The van der Waals surface area contributed by atoms with Crippen LogP contribution in [0.3, 0.4) is 0 Å². The Kier molecular flexibility index (Phi) is 4.86. The van der Waals surface area contributed by atoms with Crippen LogP contribution in [0, 0.1) is 20.8 Å². The molecule has 4 nitrogen and oxygen atoms in total. The number of fused-ring (bicyclic) bond motifs is 1. The van der Waals surface area contributed by atoms with E-state index in [2.05, 4.69) is 35.5 Å². The first kappa shape index (κ1) is 16.5. The maximum atomic E-state index is 9.61.